The maximum Gasteiger partial charge on any atom is 0.295 e. The van der Waals surface area contributed by atoms with E-state index in [2.05, 4.69) is 11.5 Å². The first-order valence-corrected chi connectivity index (χ1v) is 12.6. The molecule has 1 atom stereocenters. The van der Waals surface area contributed by atoms with Crippen molar-refractivity contribution in [3.05, 3.63) is 77.9 Å². The Labute approximate surface area is 217 Å². The van der Waals surface area contributed by atoms with Crippen molar-refractivity contribution >= 4 is 17.4 Å². The second-order valence-electron chi connectivity index (χ2n) is 9.31. The zero-order valence-electron chi connectivity index (χ0n) is 21.4. The van der Waals surface area contributed by atoms with E-state index in [4.69, 9.17) is 14.2 Å². The highest BCUT2D eigenvalue weighted by Gasteiger charge is 2.46. The van der Waals surface area contributed by atoms with Crippen molar-refractivity contribution in [1.82, 2.24) is 9.80 Å². The standard InChI is InChI=1S/C29H34N2O6/c1-4-17-36-23-9-7-22(8-10-23)27(32)25-26(21-5-11-24(12-6-21)37-20(2)3)31(29(34)28(25)33)14-13-30-15-18-35-19-16-30/h4-12,20,26,32H,1,13-19H2,2-3H3/b27-25+/t26-/m0/s1. The number of rotatable bonds is 10. The van der Waals surface area contributed by atoms with Gasteiger partial charge in [0.1, 0.15) is 23.9 Å². The SMILES string of the molecule is C=CCOc1ccc(/C(O)=C2\C(=O)C(=O)N(CCN3CCOCC3)[C@H]2c2ccc(OC(C)C)cc2)cc1. The molecule has 2 aliphatic heterocycles. The lowest BCUT2D eigenvalue weighted by atomic mass is 9.95. The number of amides is 1. The predicted molar refractivity (Wildman–Crippen MR) is 141 cm³/mol. The molecule has 0 aliphatic carbocycles. The summed E-state index contributed by atoms with van der Waals surface area (Å²) >= 11 is 0. The fourth-order valence-corrected chi connectivity index (χ4v) is 4.55. The number of aliphatic hydroxyl groups is 1. The largest absolute Gasteiger partial charge is 0.507 e. The maximum atomic E-state index is 13.3. The lowest BCUT2D eigenvalue weighted by Crippen LogP contribution is -2.42. The number of hydrogen-bond acceptors (Lipinski definition) is 7. The second kappa shape index (κ2) is 12.1. The lowest BCUT2D eigenvalue weighted by molar-refractivity contribution is -0.140. The van der Waals surface area contributed by atoms with Gasteiger partial charge in [-0.05, 0) is 55.8 Å². The molecule has 0 aromatic heterocycles. The number of carbonyl (C=O) groups is 2. The van der Waals surface area contributed by atoms with E-state index in [1.165, 1.54) is 0 Å². The Morgan fingerprint density at radius 2 is 1.70 bits per heavy atom. The first kappa shape index (κ1) is 26.4. The quantitative estimate of drug-likeness (QED) is 0.227. The summed E-state index contributed by atoms with van der Waals surface area (Å²) in [6.45, 7) is 11.7. The number of morpholine rings is 1. The molecule has 1 amide bonds. The van der Waals surface area contributed by atoms with E-state index in [-0.39, 0.29) is 17.4 Å². The minimum absolute atomic E-state index is 0.0171. The molecule has 8 nitrogen and oxygen atoms in total. The molecule has 37 heavy (non-hydrogen) atoms. The molecular weight excluding hydrogens is 472 g/mol. The molecule has 2 aromatic carbocycles. The molecule has 2 aliphatic rings. The summed E-state index contributed by atoms with van der Waals surface area (Å²) in [5, 5.41) is 11.3. The van der Waals surface area contributed by atoms with E-state index in [1.807, 2.05) is 38.1 Å². The summed E-state index contributed by atoms with van der Waals surface area (Å²) in [4.78, 5) is 30.3. The van der Waals surface area contributed by atoms with Gasteiger partial charge in [-0.1, -0.05) is 24.8 Å². The van der Waals surface area contributed by atoms with Gasteiger partial charge < -0.3 is 24.2 Å². The summed E-state index contributed by atoms with van der Waals surface area (Å²) in [7, 11) is 0. The van der Waals surface area contributed by atoms with Crippen LogP contribution in [-0.4, -0.2) is 78.7 Å². The molecule has 0 bridgehead atoms. The fraction of sp³-hybridized carbons (Fsp3) is 0.379. The second-order valence-corrected chi connectivity index (χ2v) is 9.31. The van der Waals surface area contributed by atoms with Crippen molar-refractivity contribution in [3.63, 3.8) is 0 Å². The van der Waals surface area contributed by atoms with Crippen LogP contribution in [0.5, 0.6) is 11.5 Å². The molecule has 2 saturated heterocycles. The molecule has 2 aromatic rings. The van der Waals surface area contributed by atoms with Crippen molar-refractivity contribution in [2.45, 2.75) is 26.0 Å². The van der Waals surface area contributed by atoms with Crippen LogP contribution in [0.2, 0.25) is 0 Å². The van der Waals surface area contributed by atoms with Gasteiger partial charge in [0.25, 0.3) is 11.7 Å². The fourth-order valence-electron chi connectivity index (χ4n) is 4.55. The average Bonchev–Trinajstić information content (AvgIpc) is 3.16. The van der Waals surface area contributed by atoms with E-state index in [0.717, 1.165) is 18.7 Å². The highest BCUT2D eigenvalue weighted by atomic mass is 16.5. The number of aliphatic hydroxyl groups excluding tert-OH is 1. The van der Waals surface area contributed by atoms with Gasteiger partial charge in [0.2, 0.25) is 0 Å². The van der Waals surface area contributed by atoms with Gasteiger partial charge in [-0.15, -0.1) is 0 Å². The van der Waals surface area contributed by atoms with E-state index >= 15 is 0 Å². The maximum absolute atomic E-state index is 13.3. The predicted octanol–water partition coefficient (Wildman–Crippen LogP) is 3.79. The van der Waals surface area contributed by atoms with Crippen LogP contribution < -0.4 is 9.47 Å². The van der Waals surface area contributed by atoms with Crippen LogP contribution in [0.1, 0.15) is 31.0 Å². The van der Waals surface area contributed by atoms with Crippen LogP contribution in [0.15, 0.2) is 66.8 Å². The molecule has 0 unspecified atom stereocenters. The van der Waals surface area contributed by atoms with E-state index in [1.54, 1.807) is 35.2 Å². The Bertz CT molecular complexity index is 1130. The summed E-state index contributed by atoms with van der Waals surface area (Å²) in [5.41, 5.74) is 1.23. The molecule has 0 saturated carbocycles. The number of carbonyl (C=O) groups excluding carboxylic acids is 2. The Kier molecular flexibility index (Phi) is 8.63. The number of nitrogens with zero attached hydrogens (tertiary/aromatic N) is 2. The van der Waals surface area contributed by atoms with Crippen LogP contribution in [0.25, 0.3) is 5.76 Å². The number of Topliss-reactive ketones (excluding diaryl/α,β-unsaturated/α-hetero) is 1. The van der Waals surface area contributed by atoms with Gasteiger partial charge >= 0.3 is 0 Å². The van der Waals surface area contributed by atoms with Crippen LogP contribution in [0.3, 0.4) is 0 Å². The minimum atomic E-state index is -0.717. The molecule has 0 spiro atoms. The summed E-state index contributed by atoms with van der Waals surface area (Å²) in [6.07, 6.45) is 1.66. The van der Waals surface area contributed by atoms with Gasteiger partial charge in [0.15, 0.2) is 0 Å². The third kappa shape index (κ3) is 6.21. The van der Waals surface area contributed by atoms with E-state index in [9.17, 15) is 14.7 Å². The smallest absolute Gasteiger partial charge is 0.295 e. The van der Waals surface area contributed by atoms with Gasteiger partial charge in [0, 0.05) is 31.7 Å². The lowest BCUT2D eigenvalue weighted by Gasteiger charge is -2.31. The van der Waals surface area contributed by atoms with Crippen molar-refractivity contribution < 1.29 is 28.9 Å². The zero-order valence-corrected chi connectivity index (χ0v) is 21.4. The molecule has 1 N–H and O–H groups in total. The normalized spacial score (nSPS) is 19.9. The van der Waals surface area contributed by atoms with Crippen LogP contribution >= 0.6 is 0 Å². The third-order valence-corrected chi connectivity index (χ3v) is 6.36. The van der Waals surface area contributed by atoms with E-state index < -0.39 is 17.7 Å². The summed E-state index contributed by atoms with van der Waals surface area (Å²) in [6, 6.07) is 13.4. The van der Waals surface area contributed by atoms with Gasteiger partial charge in [-0.25, -0.2) is 0 Å². The Morgan fingerprint density at radius 1 is 1.05 bits per heavy atom. The molecule has 8 heteroatoms. The van der Waals surface area contributed by atoms with Crippen molar-refractivity contribution in [2.24, 2.45) is 0 Å². The first-order chi connectivity index (χ1) is 17.9. The monoisotopic (exact) mass is 506 g/mol. The molecule has 4 rings (SSSR count). The van der Waals surface area contributed by atoms with Crippen molar-refractivity contribution in [1.29, 1.82) is 0 Å². The Hall–Kier alpha value is -3.62. The number of ether oxygens (including phenoxy) is 3. The zero-order chi connectivity index (χ0) is 26.4. The van der Waals surface area contributed by atoms with Crippen molar-refractivity contribution in [3.8, 4) is 11.5 Å². The molecular formula is C29H34N2O6. The van der Waals surface area contributed by atoms with Gasteiger partial charge in [-0.3, -0.25) is 14.5 Å². The van der Waals surface area contributed by atoms with Crippen LogP contribution in [-0.2, 0) is 14.3 Å². The highest BCUT2D eigenvalue weighted by Crippen LogP contribution is 2.40. The number of ketones is 1. The molecule has 196 valence electrons. The number of hydrogen-bond donors (Lipinski definition) is 1. The third-order valence-electron chi connectivity index (χ3n) is 6.36. The van der Waals surface area contributed by atoms with Crippen molar-refractivity contribution in [2.75, 3.05) is 46.0 Å². The van der Waals surface area contributed by atoms with Gasteiger partial charge in [0.05, 0.1) is 30.9 Å². The summed E-state index contributed by atoms with van der Waals surface area (Å²) < 4.78 is 16.7. The summed E-state index contributed by atoms with van der Waals surface area (Å²) in [5.74, 6) is -0.221. The molecule has 2 heterocycles. The molecule has 0 radical (unpaired) electrons. The number of likely N-dealkylation sites (tertiary alicyclic amines) is 1. The van der Waals surface area contributed by atoms with Gasteiger partial charge in [-0.2, -0.15) is 0 Å². The van der Waals surface area contributed by atoms with Crippen LogP contribution in [0.4, 0.5) is 0 Å². The average molecular weight is 507 g/mol. The minimum Gasteiger partial charge on any atom is -0.507 e. The Morgan fingerprint density at radius 3 is 2.32 bits per heavy atom. The number of benzene rings is 2. The van der Waals surface area contributed by atoms with Crippen LogP contribution in [0, 0.1) is 0 Å². The van der Waals surface area contributed by atoms with E-state index in [0.29, 0.717) is 50.0 Å². The first-order valence-electron chi connectivity index (χ1n) is 12.6. The topological polar surface area (TPSA) is 88.5 Å². The Balaban J connectivity index is 1.68. The highest BCUT2D eigenvalue weighted by molar-refractivity contribution is 6.46. The molecule has 2 fully saturated rings.